The number of anilines is 6. The molecule has 8 rings (SSSR count). The van der Waals surface area contributed by atoms with E-state index in [1.165, 1.54) is 6.20 Å². The van der Waals surface area contributed by atoms with Crippen LogP contribution in [0.1, 0.15) is 5.69 Å². The summed E-state index contributed by atoms with van der Waals surface area (Å²) < 4.78 is 12.6. The van der Waals surface area contributed by atoms with E-state index in [2.05, 4.69) is 33.0 Å². The highest BCUT2D eigenvalue weighted by Gasteiger charge is 2.32. The van der Waals surface area contributed by atoms with Gasteiger partial charge in [0, 0.05) is 5.56 Å². The van der Waals surface area contributed by atoms with Crippen molar-refractivity contribution in [2.24, 2.45) is 0 Å². The zero-order valence-electron chi connectivity index (χ0n) is 22.2. The summed E-state index contributed by atoms with van der Waals surface area (Å²) in [6.07, 6.45) is 3.18. The van der Waals surface area contributed by atoms with Crippen molar-refractivity contribution in [1.82, 2.24) is 9.97 Å². The molecule has 6 aromatic rings. The predicted octanol–water partition coefficient (Wildman–Crippen LogP) is 9.17. The number of hydrogen-bond acceptors (Lipinski definition) is 7. The van der Waals surface area contributed by atoms with Crippen LogP contribution in [0.2, 0.25) is 0 Å². The first kappa shape index (κ1) is 23.7. The second kappa shape index (κ2) is 9.51. The van der Waals surface area contributed by atoms with Gasteiger partial charge >= 0.3 is 0 Å². The van der Waals surface area contributed by atoms with Gasteiger partial charge in [-0.25, -0.2) is 4.98 Å². The summed E-state index contributed by atoms with van der Waals surface area (Å²) in [5.74, 6) is 3.00. The van der Waals surface area contributed by atoms with E-state index in [1.807, 2.05) is 103 Å². The Bertz CT molecular complexity index is 1830. The molecule has 0 aliphatic carbocycles. The number of hydrogen-bond donors (Lipinski definition) is 0. The van der Waals surface area contributed by atoms with E-state index in [0.29, 0.717) is 5.69 Å². The van der Waals surface area contributed by atoms with Crippen molar-refractivity contribution in [2.75, 3.05) is 9.80 Å². The number of ether oxygens (including phenoxy) is 2. The van der Waals surface area contributed by atoms with Crippen LogP contribution in [-0.2, 0) is 0 Å². The van der Waals surface area contributed by atoms with E-state index < -0.39 is 0 Å². The van der Waals surface area contributed by atoms with Crippen molar-refractivity contribution in [2.45, 2.75) is 0 Å². The van der Waals surface area contributed by atoms with Gasteiger partial charge in [-0.05, 0) is 60.7 Å². The molecule has 2 aliphatic heterocycles. The van der Waals surface area contributed by atoms with Gasteiger partial charge in [-0.2, -0.15) is 5.26 Å². The van der Waals surface area contributed by atoms with Gasteiger partial charge in [0.25, 0.3) is 0 Å². The van der Waals surface area contributed by atoms with Crippen LogP contribution >= 0.6 is 0 Å². The fourth-order valence-corrected chi connectivity index (χ4v) is 5.61. The molecule has 1 aromatic heterocycles. The molecule has 0 radical (unpaired) electrons. The summed E-state index contributed by atoms with van der Waals surface area (Å²) in [5, 5.41) is 9.46. The lowest BCUT2D eigenvalue weighted by molar-refractivity contribution is 0.477. The topological polar surface area (TPSA) is 74.5 Å². The number of nitrogens with zero attached hydrogens (tertiary/aromatic N) is 5. The molecule has 42 heavy (non-hydrogen) atoms. The van der Waals surface area contributed by atoms with E-state index in [1.54, 1.807) is 6.20 Å². The summed E-state index contributed by atoms with van der Waals surface area (Å²) in [5.41, 5.74) is 7.10. The molecule has 5 aromatic carbocycles. The minimum absolute atomic E-state index is 0.252. The molecule has 0 saturated heterocycles. The van der Waals surface area contributed by atoms with Crippen LogP contribution in [0.4, 0.5) is 34.1 Å². The Morgan fingerprint density at radius 3 is 1.26 bits per heavy atom. The Morgan fingerprint density at radius 2 is 0.881 bits per heavy atom. The van der Waals surface area contributed by atoms with Crippen molar-refractivity contribution in [3.63, 3.8) is 0 Å². The van der Waals surface area contributed by atoms with E-state index >= 15 is 0 Å². The second-order valence-electron chi connectivity index (χ2n) is 9.82. The van der Waals surface area contributed by atoms with Crippen molar-refractivity contribution < 1.29 is 9.47 Å². The molecule has 0 amide bonds. The number of aromatic nitrogens is 2. The lowest BCUT2D eigenvalue weighted by Crippen LogP contribution is -2.20. The van der Waals surface area contributed by atoms with Crippen LogP contribution in [0.15, 0.2) is 128 Å². The zero-order chi connectivity index (χ0) is 28.0. The summed E-state index contributed by atoms with van der Waals surface area (Å²) in [6, 6.07) is 40.2. The van der Waals surface area contributed by atoms with Gasteiger partial charge in [0.1, 0.15) is 6.07 Å². The van der Waals surface area contributed by atoms with Crippen molar-refractivity contribution in [3.8, 4) is 40.3 Å². The number of rotatable bonds is 3. The van der Waals surface area contributed by atoms with E-state index in [4.69, 9.17) is 14.5 Å². The molecule has 0 atom stereocenters. The SMILES string of the molecule is N#Cc1cnc(-c2c(N3c4ccccc4Oc4ccccc43)cccc2N2c3ccccc3Oc3ccccc32)cn1. The zero-order valence-corrected chi connectivity index (χ0v) is 22.2. The fraction of sp³-hybridized carbons (Fsp3) is 0. The molecule has 0 fully saturated rings. The van der Waals surface area contributed by atoms with Crippen LogP contribution in [-0.4, -0.2) is 9.97 Å². The molecular formula is C35H21N5O2. The minimum atomic E-state index is 0.252. The maximum atomic E-state index is 9.46. The lowest BCUT2D eigenvalue weighted by Gasteiger charge is -2.37. The highest BCUT2D eigenvalue weighted by Crippen LogP contribution is 2.57. The molecular weight excluding hydrogens is 522 g/mol. The van der Waals surface area contributed by atoms with Crippen molar-refractivity contribution in [3.05, 3.63) is 133 Å². The maximum absolute atomic E-state index is 9.46. The predicted molar refractivity (Wildman–Crippen MR) is 162 cm³/mol. The smallest absolute Gasteiger partial charge is 0.158 e. The molecule has 0 bridgehead atoms. The monoisotopic (exact) mass is 543 g/mol. The van der Waals surface area contributed by atoms with Gasteiger partial charge in [-0.1, -0.05) is 54.6 Å². The van der Waals surface area contributed by atoms with Gasteiger partial charge in [-0.3, -0.25) is 4.98 Å². The van der Waals surface area contributed by atoms with Crippen LogP contribution < -0.4 is 19.3 Å². The molecule has 7 heteroatoms. The largest absolute Gasteiger partial charge is 0.453 e. The number of fused-ring (bicyclic) bond motifs is 4. The van der Waals surface area contributed by atoms with Gasteiger partial charge in [0.15, 0.2) is 28.7 Å². The Kier molecular flexibility index (Phi) is 5.37. The average molecular weight is 544 g/mol. The van der Waals surface area contributed by atoms with Gasteiger partial charge < -0.3 is 19.3 Å². The number of nitriles is 1. The van der Waals surface area contributed by atoms with Crippen molar-refractivity contribution >= 4 is 34.1 Å². The molecule has 0 spiro atoms. The first-order valence-corrected chi connectivity index (χ1v) is 13.5. The van der Waals surface area contributed by atoms with E-state index in [0.717, 1.165) is 62.7 Å². The summed E-state index contributed by atoms with van der Waals surface area (Å²) >= 11 is 0. The molecule has 2 aliphatic rings. The van der Waals surface area contributed by atoms with Crippen LogP contribution in [0.3, 0.4) is 0 Å². The molecule has 0 unspecified atom stereocenters. The highest BCUT2D eigenvalue weighted by atomic mass is 16.5. The van der Waals surface area contributed by atoms with Crippen LogP contribution in [0.25, 0.3) is 11.3 Å². The standard InChI is InChI=1S/C35H21N5O2/c36-20-23-21-38-24(22-37-23)35-29(39-25-10-1-5-16-31(25)41-32-17-6-2-11-26(32)39)14-9-15-30(35)40-27-12-3-7-18-33(27)42-34-19-8-4-13-28(34)40/h1-19,21-22H. The Balaban J connectivity index is 1.45. The van der Waals surface area contributed by atoms with E-state index in [9.17, 15) is 5.26 Å². The fourth-order valence-electron chi connectivity index (χ4n) is 5.61. The summed E-state index contributed by atoms with van der Waals surface area (Å²) in [4.78, 5) is 13.6. The number of benzene rings is 5. The normalized spacial score (nSPS) is 12.5. The summed E-state index contributed by atoms with van der Waals surface area (Å²) in [6.45, 7) is 0. The first-order valence-electron chi connectivity index (χ1n) is 13.5. The Morgan fingerprint density at radius 1 is 0.476 bits per heavy atom. The van der Waals surface area contributed by atoms with Gasteiger partial charge in [-0.15, -0.1) is 0 Å². The maximum Gasteiger partial charge on any atom is 0.158 e. The van der Waals surface area contributed by atoms with Gasteiger partial charge in [0.2, 0.25) is 0 Å². The van der Waals surface area contributed by atoms with Gasteiger partial charge in [0.05, 0.1) is 52.2 Å². The molecule has 3 heterocycles. The molecule has 0 N–H and O–H groups in total. The minimum Gasteiger partial charge on any atom is -0.453 e. The second-order valence-corrected chi connectivity index (χ2v) is 9.82. The quantitative estimate of drug-likeness (QED) is 0.220. The third-order valence-electron chi connectivity index (χ3n) is 7.39. The molecule has 198 valence electrons. The average Bonchev–Trinajstić information content (AvgIpc) is 3.06. The highest BCUT2D eigenvalue weighted by molar-refractivity contribution is 6.01. The van der Waals surface area contributed by atoms with E-state index in [-0.39, 0.29) is 5.69 Å². The third-order valence-corrected chi connectivity index (χ3v) is 7.39. The van der Waals surface area contributed by atoms with Crippen LogP contribution in [0, 0.1) is 11.3 Å². The van der Waals surface area contributed by atoms with Crippen LogP contribution in [0.5, 0.6) is 23.0 Å². The van der Waals surface area contributed by atoms with Crippen molar-refractivity contribution in [1.29, 1.82) is 5.26 Å². The Hall–Kier alpha value is -6.13. The lowest BCUT2D eigenvalue weighted by atomic mass is 10.0. The molecule has 0 saturated carbocycles. The first-order chi connectivity index (χ1) is 20.8. The number of para-hydroxylation sites is 8. The third kappa shape index (κ3) is 3.67. The molecule has 7 nitrogen and oxygen atoms in total. The summed E-state index contributed by atoms with van der Waals surface area (Å²) in [7, 11) is 0. The Labute approximate surface area is 242 Å².